The monoisotopic (exact) mass is 463 g/mol. The predicted molar refractivity (Wildman–Crippen MR) is 125 cm³/mol. The highest BCUT2D eigenvalue weighted by Crippen LogP contribution is 2.22. The van der Waals surface area contributed by atoms with Gasteiger partial charge in [-0.1, -0.05) is 24.3 Å². The number of nitrogens with one attached hydrogen (secondary N) is 3. The molecule has 1 aromatic heterocycles. The zero-order valence-electron chi connectivity index (χ0n) is 17.5. The van der Waals surface area contributed by atoms with Gasteiger partial charge in [-0.05, 0) is 48.6 Å². The minimum atomic E-state index is -0.758. The maximum atomic E-state index is 12.6. The molecule has 0 saturated heterocycles. The summed E-state index contributed by atoms with van der Waals surface area (Å²) in [4.78, 5) is 49.7. The van der Waals surface area contributed by atoms with Crippen LogP contribution in [0.3, 0.4) is 0 Å². The molecule has 0 radical (unpaired) electrons. The average molecular weight is 464 g/mol. The number of rotatable bonds is 8. The van der Waals surface area contributed by atoms with Crippen molar-refractivity contribution in [3.63, 3.8) is 0 Å². The average Bonchev–Trinajstić information content (AvgIpc) is 3.45. The fraction of sp³-hybridized carbons (Fsp3) is 0.167. The molecule has 1 aliphatic rings. The van der Waals surface area contributed by atoms with Gasteiger partial charge in [0.25, 0.3) is 17.7 Å². The number of benzene rings is 2. The van der Waals surface area contributed by atoms with E-state index in [4.69, 9.17) is 4.74 Å². The number of anilines is 2. The largest absolute Gasteiger partial charge is 0.452 e. The summed E-state index contributed by atoms with van der Waals surface area (Å²) in [5.41, 5.74) is 1.55. The van der Waals surface area contributed by atoms with Gasteiger partial charge >= 0.3 is 5.97 Å². The summed E-state index contributed by atoms with van der Waals surface area (Å²) >= 11 is 1.39. The van der Waals surface area contributed by atoms with Crippen molar-refractivity contribution < 1.29 is 23.9 Å². The van der Waals surface area contributed by atoms with E-state index in [1.54, 1.807) is 59.3 Å². The van der Waals surface area contributed by atoms with Gasteiger partial charge in [0.05, 0.1) is 28.1 Å². The Labute approximate surface area is 194 Å². The predicted octanol–water partition coefficient (Wildman–Crippen LogP) is 3.69. The second kappa shape index (κ2) is 10.1. The molecule has 0 aliphatic heterocycles. The summed E-state index contributed by atoms with van der Waals surface area (Å²) in [7, 11) is 0. The zero-order valence-corrected chi connectivity index (χ0v) is 18.3. The molecule has 0 unspecified atom stereocenters. The Kier molecular flexibility index (Phi) is 6.80. The van der Waals surface area contributed by atoms with Gasteiger partial charge in [-0.2, -0.15) is 11.3 Å². The quantitative estimate of drug-likeness (QED) is 0.441. The highest BCUT2D eigenvalue weighted by Gasteiger charge is 2.25. The maximum Gasteiger partial charge on any atom is 0.340 e. The summed E-state index contributed by atoms with van der Waals surface area (Å²) in [6.07, 6.45) is 1.90. The molecule has 8 nitrogen and oxygen atoms in total. The molecular formula is C24H21N3O5S. The second-order valence-corrected chi connectivity index (χ2v) is 8.21. The summed E-state index contributed by atoms with van der Waals surface area (Å²) in [5.74, 6) is -1.96. The first kappa shape index (κ1) is 22.2. The number of amides is 3. The van der Waals surface area contributed by atoms with Crippen LogP contribution >= 0.6 is 11.3 Å². The van der Waals surface area contributed by atoms with Crippen molar-refractivity contribution in [1.29, 1.82) is 0 Å². The number of carbonyl (C=O) groups is 4. The molecule has 0 bridgehead atoms. The van der Waals surface area contributed by atoms with Crippen LogP contribution in [0.4, 0.5) is 11.4 Å². The van der Waals surface area contributed by atoms with Crippen molar-refractivity contribution in [3.8, 4) is 0 Å². The molecular weight excluding hydrogens is 442 g/mol. The van der Waals surface area contributed by atoms with E-state index in [0.717, 1.165) is 12.8 Å². The van der Waals surface area contributed by atoms with Gasteiger partial charge in [0.2, 0.25) is 0 Å². The molecule has 4 rings (SSSR count). The van der Waals surface area contributed by atoms with Crippen LogP contribution in [0.5, 0.6) is 0 Å². The van der Waals surface area contributed by atoms with Crippen molar-refractivity contribution in [2.75, 3.05) is 17.2 Å². The summed E-state index contributed by atoms with van der Waals surface area (Å²) in [6.45, 7) is -0.551. The Bertz CT molecular complexity index is 1190. The van der Waals surface area contributed by atoms with Crippen molar-refractivity contribution in [3.05, 3.63) is 82.0 Å². The normalized spacial score (nSPS) is 12.5. The van der Waals surface area contributed by atoms with Gasteiger partial charge < -0.3 is 20.7 Å². The standard InChI is InChI=1S/C24H21N3O5S/c28-21(26-19-7-3-1-5-17(19)23(30)25-16-9-10-16)13-32-24(31)18-6-2-4-8-20(18)27-22(29)15-11-12-33-14-15/h1-8,11-12,14,16H,9-10,13H2,(H,25,30)(H,26,28)(H,27,29). The van der Waals surface area contributed by atoms with E-state index in [-0.39, 0.29) is 29.1 Å². The van der Waals surface area contributed by atoms with Crippen molar-refractivity contribution in [2.45, 2.75) is 18.9 Å². The number of thiophene rings is 1. The third-order valence-electron chi connectivity index (χ3n) is 4.87. The molecule has 1 heterocycles. The van der Waals surface area contributed by atoms with E-state index in [2.05, 4.69) is 16.0 Å². The van der Waals surface area contributed by atoms with E-state index >= 15 is 0 Å². The van der Waals surface area contributed by atoms with E-state index in [0.29, 0.717) is 16.8 Å². The number of para-hydroxylation sites is 2. The molecule has 2 aromatic carbocycles. The third kappa shape index (κ3) is 5.83. The Morgan fingerprint density at radius 3 is 2.18 bits per heavy atom. The molecule has 9 heteroatoms. The Morgan fingerprint density at radius 2 is 1.52 bits per heavy atom. The Hall–Kier alpha value is -3.98. The summed E-state index contributed by atoms with van der Waals surface area (Å²) in [6, 6.07) is 14.9. The zero-order chi connectivity index (χ0) is 23.2. The lowest BCUT2D eigenvalue weighted by molar-refractivity contribution is -0.119. The van der Waals surface area contributed by atoms with Crippen LogP contribution in [-0.2, 0) is 9.53 Å². The molecule has 1 fully saturated rings. The van der Waals surface area contributed by atoms with E-state index in [1.165, 1.54) is 17.4 Å². The molecule has 3 amide bonds. The summed E-state index contributed by atoms with van der Waals surface area (Å²) in [5, 5.41) is 11.7. The SMILES string of the molecule is O=C(COC(=O)c1ccccc1NC(=O)c1ccsc1)Nc1ccccc1C(=O)NC1CC1. The van der Waals surface area contributed by atoms with Gasteiger partial charge in [-0.25, -0.2) is 4.79 Å². The first-order valence-corrected chi connectivity index (χ1v) is 11.2. The fourth-order valence-corrected chi connectivity index (χ4v) is 3.67. The molecule has 33 heavy (non-hydrogen) atoms. The van der Waals surface area contributed by atoms with Gasteiger partial charge in [0.1, 0.15) is 0 Å². The van der Waals surface area contributed by atoms with Crippen LogP contribution in [-0.4, -0.2) is 36.3 Å². The van der Waals surface area contributed by atoms with Crippen molar-refractivity contribution >= 4 is 46.4 Å². The number of hydrogen-bond acceptors (Lipinski definition) is 6. The third-order valence-corrected chi connectivity index (χ3v) is 5.55. The van der Waals surface area contributed by atoms with Crippen LogP contribution in [0.15, 0.2) is 65.4 Å². The minimum absolute atomic E-state index is 0.123. The highest BCUT2D eigenvalue weighted by molar-refractivity contribution is 7.08. The molecule has 1 saturated carbocycles. The minimum Gasteiger partial charge on any atom is -0.452 e. The number of ether oxygens (including phenoxy) is 1. The Morgan fingerprint density at radius 1 is 0.848 bits per heavy atom. The molecule has 0 spiro atoms. The van der Waals surface area contributed by atoms with Crippen LogP contribution in [0.25, 0.3) is 0 Å². The van der Waals surface area contributed by atoms with Gasteiger partial charge in [0.15, 0.2) is 6.61 Å². The van der Waals surface area contributed by atoms with Crippen LogP contribution in [0.2, 0.25) is 0 Å². The fourth-order valence-electron chi connectivity index (χ4n) is 3.03. The summed E-state index contributed by atoms with van der Waals surface area (Å²) < 4.78 is 5.15. The van der Waals surface area contributed by atoms with E-state index < -0.39 is 18.5 Å². The van der Waals surface area contributed by atoms with Gasteiger partial charge in [0, 0.05) is 11.4 Å². The van der Waals surface area contributed by atoms with Crippen LogP contribution < -0.4 is 16.0 Å². The van der Waals surface area contributed by atoms with Gasteiger partial charge in [-0.3, -0.25) is 14.4 Å². The Balaban J connectivity index is 1.36. The molecule has 3 aromatic rings. The van der Waals surface area contributed by atoms with Crippen molar-refractivity contribution in [1.82, 2.24) is 5.32 Å². The maximum absolute atomic E-state index is 12.6. The lowest BCUT2D eigenvalue weighted by atomic mass is 10.1. The van der Waals surface area contributed by atoms with Crippen LogP contribution in [0.1, 0.15) is 43.9 Å². The second-order valence-electron chi connectivity index (χ2n) is 7.43. The number of hydrogen-bond donors (Lipinski definition) is 3. The molecule has 168 valence electrons. The van der Waals surface area contributed by atoms with E-state index in [1.807, 2.05) is 0 Å². The molecule has 3 N–H and O–H groups in total. The lowest BCUT2D eigenvalue weighted by Crippen LogP contribution is -2.28. The van der Waals surface area contributed by atoms with Gasteiger partial charge in [-0.15, -0.1) is 0 Å². The highest BCUT2D eigenvalue weighted by atomic mass is 32.1. The lowest BCUT2D eigenvalue weighted by Gasteiger charge is -2.12. The molecule has 1 aliphatic carbocycles. The first-order chi connectivity index (χ1) is 16.0. The smallest absolute Gasteiger partial charge is 0.340 e. The molecule has 0 atom stereocenters. The number of esters is 1. The van der Waals surface area contributed by atoms with E-state index in [9.17, 15) is 19.2 Å². The van der Waals surface area contributed by atoms with Crippen LogP contribution in [0, 0.1) is 0 Å². The first-order valence-electron chi connectivity index (χ1n) is 10.3. The number of carbonyl (C=O) groups excluding carboxylic acids is 4. The topological polar surface area (TPSA) is 114 Å². The van der Waals surface area contributed by atoms with Crippen molar-refractivity contribution in [2.24, 2.45) is 0 Å².